The first-order chi connectivity index (χ1) is 12.1. The summed E-state index contributed by atoms with van der Waals surface area (Å²) in [6, 6.07) is 22.3. The van der Waals surface area contributed by atoms with E-state index in [0.29, 0.717) is 10.4 Å². The first-order valence-corrected chi connectivity index (χ1v) is 8.93. The van der Waals surface area contributed by atoms with E-state index < -0.39 is 0 Å². The zero-order chi connectivity index (χ0) is 17.8. The lowest BCUT2D eigenvalue weighted by Gasteiger charge is -2.00. The van der Waals surface area contributed by atoms with Gasteiger partial charge in [-0.3, -0.25) is 9.59 Å². The van der Waals surface area contributed by atoms with Crippen molar-refractivity contribution in [2.75, 3.05) is 0 Å². The van der Waals surface area contributed by atoms with Crippen molar-refractivity contribution >= 4 is 48.9 Å². The summed E-state index contributed by atoms with van der Waals surface area (Å²) < 4.78 is 2.00. The number of hydrogen-bond acceptors (Lipinski definition) is 3. The molecule has 0 atom stereocenters. The predicted octanol–water partition coefficient (Wildman–Crippen LogP) is 5.96. The summed E-state index contributed by atoms with van der Waals surface area (Å²) >= 11 is 7.52. The van der Waals surface area contributed by atoms with E-state index in [1.807, 2.05) is 66.7 Å². The van der Waals surface area contributed by atoms with Crippen LogP contribution in [-0.2, 0) is 0 Å². The van der Waals surface area contributed by atoms with Crippen LogP contribution in [0.1, 0.15) is 17.3 Å². The number of rotatable bonds is 1. The van der Waals surface area contributed by atoms with Crippen molar-refractivity contribution in [3.8, 4) is 0 Å². The van der Waals surface area contributed by atoms with Crippen LogP contribution in [0, 0.1) is 0 Å². The molecular weight excluding hydrogens is 352 g/mol. The van der Waals surface area contributed by atoms with Gasteiger partial charge in [0.05, 0.1) is 0 Å². The average molecular weight is 367 g/mol. The Balaban J connectivity index is 0.000000173. The molecule has 0 N–H and O–H groups in total. The van der Waals surface area contributed by atoms with Crippen LogP contribution in [0.25, 0.3) is 20.2 Å². The summed E-state index contributed by atoms with van der Waals surface area (Å²) in [7, 11) is 0. The van der Waals surface area contributed by atoms with Crippen molar-refractivity contribution < 1.29 is 4.79 Å². The highest BCUT2D eigenvalue weighted by Crippen LogP contribution is 2.26. The fourth-order valence-electron chi connectivity index (χ4n) is 2.45. The highest BCUT2D eigenvalue weighted by atomic mass is 35.5. The average Bonchev–Trinajstić information content (AvgIpc) is 2.64. The second-order valence-electron chi connectivity index (χ2n) is 5.49. The van der Waals surface area contributed by atoms with Gasteiger partial charge in [0.1, 0.15) is 0 Å². The van der Waals surface area contributed by atoms with Gasteiger partial charge >= 0.3 is 0 Å². The van der Waals surface area contributed by atoms with Crippen LogP contribution in [0.15, 0.2) is 77.6 Å². The Hall–Kier alpha value is -2.49. The number of fused-ring (bicyclic) bond motifs is 2. The van der Waals surface area contributed by atoms with Crippen LogP contribution in [0.2, 0.25) is 5.02 Å². The van der Waals surface area contributed by atoms with Gasteiger partial charge in [-0.2, -0.15) is 0 Å². The third-order valence-electron chi connectivity index (χ3n) is 3.72. The van der Waals surface area contributed by atoms with Gasteiger partial charge in [-0.15, -0.1) is 11.3 Å². The summed E-state index contributed by atoms with van der Waals surface area (Å²) in [5.74, 6) is 0.121. The largest absolute Gasteiger partial charge is 0.295 e. The summed E-state index contributed by atoms with van der Waals surface area (Å²) in [5, 5.41) is 2.07. The van der Waals surface area contributed by atoms with E-state index in [4.69, 9.17) is 11.6 Å². The van der Waals surface area contributed by atoms with Gasteiger partial charge in [-0.25, -0.2) is 0 Å². The van der Waals surface area contributed by atoms with Crippen molar-refractivity contribution in [2.45, 2.75) is 6.92 Å². The van der Waals surface area contributed by atoms with E-state index in [9.17, 15) is 9.59 Å². The number of benzene rings is 3. The van der Waals surface area contributed by atoms with E-state index in [1.165, 1.54) is 0 Å². The summed E-state index contributed by atoms with van der Waals surface area (Å²) in [6.45, 7) is 1.56. The number of Topliss-reactive ketones (excluding diaryl/α,β-unsaturated/α-hetero) is 1. The van der Waals surface area contributed by atoms with Gasteiger partial charge in [0, 0.05) is 30.8 Å². The lowest BCUT2D eigenvalue weighted by Crippen LogP contribution is -2.00. The Morgan fingerprint density at radius 1 is 0.840 bits per heavy atom. The van der Waals surface area contributed by atoms with E-state index in [-0.39, 0.29) is 11.2 Å². The molecule has 4 rings (SSSR count). The highest BCUT2D eigenvalue weighted by molar-refractivity contribution is 7.24. The Morgan fingerprint density at radius 2 is 1.48 bits per heavy atom. The maximum Gasteiger partial charge on any atom is 0.195 e. The molecule has 0 bridgehead atoms. The van der Waals surface area contributed by atoms with Crippen LogP contribution in [-0.4, -0.2) is 5.78 Å². The van der Waals surface area contributed by atoms with Gasteiger partial charge in [0.2, 0.25) is 0 Å². The molecule has 124 valence electrons. The molecule has 3 aromatic carbocycles. The van der Waals surface area contributed by atoms with Crippen molar-refractivity contribution in [1.29, 1.82) is 0 Å². The van der Waals surface area contributed by atoms with E-state index >= 15 is 0 Å². The van der Waals surface area contributed by atoms with Gasteiger partial charge in [0.15, 0.2) is 11.2 Å². The third kappa shape index (κ3) is 3.95. The van der Waals surface area contributed by atoms with E-state index in [2.05, 4.69) is 0 Å². The topological polar surface area (TPSA) is 34.1 Å². The molecule has 0 saturated carbocycles. The lowest BCUT2D eigenvalue weighted by molar-refractivity contribution is 0.101. The maximum absolute atomic E-state index is 12.2. The maximum atomic E-state index is 12.2. The molecule has 2 nitrogen and oxygen atoms in total. The molecule has 0 fully saturated rings. The number of carbonyl (C=O) groups excluding carboxylic acids is 1. The molecular formula is C21H15ClO2S. The van der Waals surface area contributed by atoms with Crippen LogP contribution in [0.5, 0.6) is 0 Å². The van der Waals surface area contributed by atoms with Crippen LogP contribution < -0.4 is 5.43 Å². The molecule has 0 aliphatic rings. The van der Waals surface area contributed by atoms with Crippen molar-refractivity contribution in [3.05, 3.63) is 93.6 Å². The van der Waals surface area contributed by atoms with Crippen molar-refractivity contribution in [2.24, 2.45) is 0 Å². The smallest absolute Gasteiger partial charge is 0.195 e. The summed E-state index contributed by atoms with van der Waals surface area (Å²) in [6.07, 6.45) is 0. The first kappa shape index (κ1) is 17.3. The van der Waals surface area contributed by atoms with E-state index in [1.54, 1.807) is 24.3 Å². The summed E-state index contributed by atoms with van der Waals surface area (Å²) in [4.78, 5) is 22.8. The quantitative estimate of drug-likeness (QED) is 0.308. The number of carbonyl (C=O) groups is 1. The fourth-order valence-corrected chi connectivity index (χ4v) is 3.67. The molecule has 0 amide bonds. The number of ketones is 1. The zero-order valence-corrected chi connectivity index (χ0v) is 15.1. The second kappa shape index (κ2) is 7.60. The van der Waals surface area contributed by atoms with Crippen LogP contribution in [0.3, 0.4) is 0 Å². The predicted molar refractivity (Wildman–Crippen MR) is 107 cm³/mol. The van der Waals surface area contributed by atoms with Crippen LogP contribution in [0.4, 0.5) is 0 Å². The van der Waals surface area contributed by atoms with Gasteiger partial charge in [-0.1, -0.05) is 54.1 Å². The standard InChI is InChI=1S/C13H7ClOS.C8H8O/c14-8-5-6-12-10(7-8)13(15)9-3-1-2-4-11(9)16-12;1-7(9)8-5-3-2-4-6-8/h1-7H;2-6H,1H3. The number of hydrogen-bond donors (Lipinski definition) is 0. The monoisotopic (exact) mass is 366 g/mol. The van der Waals surface area contributed by atoms with Crippen molar-refractivity contribution in [1.82, 2.24) is 0 Å². The molecule has 1 aromatic heterocycles. The Labute approximate surface area is 154 Å². The molecule has 25 heavy (non-hydrogen) atoms. The molecule has 0 saturated heterocycles. The molecule has 0 aliphatic heterocycles. The Bertz CT molecular complexity index is 1100. The Kier molecular flexibility index (Phi) is 5.27. The van der Waals surface area contributed by atoms with Crippen molar-refractivity contribution in [3.63, 3.8) is 0 Å². The minimum atomic E-state index is 0.0619. The zero-order valence-electron chi connectivity index (χ0n) is 13.5. The summed E-state index contributed by atoms with van der Waals surface area (Å²) in [5.41, 5.74) is 0.837. The second-order valence-corrected chi connectivity index (χ2v) is 7.01. The fraction of sp³-hybridized carbons (Fsp3) is 0.0476. The van der Waals surface area contributed by atoms with Gasteiger partial charge < -0.3 is 0 Å². The molecule has 1 heterocycles. The Morgan fingerprint density at radius 3 is 2.16 bits per heavy atom. The molecule has 4 heteroatoms. The minimum Gasteiger partial charge on any atom is -0.295 e. The number of halogens is 1. The van der Waals surface area contributed by atoms with Gasteiger partial charge in [-0.05, 0) is 37.3 Å². The SMILES string of the molecule is CC(=O)c1ccccc1.O=c1c2ccccc2sc2ccc(Cl)cc12. The molecule has 0 radical (unpaired) electrons. The van der Waals surface area contributed by atoms with Crippen LogP contribution >= 0.6 is 22.9 Å². The third-order valence-corrected chi connectivity index (χ3v) is 5.11. The minimum absolute atomic E-state index is 0.0619. The van der Waals surface area contributed by atoms with E-state index in [0.717, 1.165) is 20.3 Å². The molecule has 0 spiro atoms. The molecule has 0 unspecified atom stereocenters. The first-order valence-electron chi connectivity index (χ1n) is 7.73. The molecule has 4 aromatic rings. The lowest BCUT2D eigenvalue weighted by atomic mass is 10.2. The normalized spacial score (nSPS) is 10.3. The van der Waals surface area contributed by atoms with Gasteiger partial charge in [0.25, 0.3) is 0 Å². The highest BCUT2D eigenvalue weighted by Gasteiger charge is 2.05. The molecule has 0 aliphatic carbocycles.